The van der Waals surface area contributed by atoms with Crippen molar-refractivity contribution in [2.45, 2.75) is 23.8 Å². The van der Waals surface area contributed by atoms with Crippen molar-refractivity contribution in [1.82, 2.24) is 10.6 Å². The molecule has 3 rings (SSSR count). The number of rotatable bonds is 7. The molecule has 1 amide bonds. The van der Waals surface area contributed by atoms with Gasteiger partial charge in [0.15, 0.2) is 5.11 Å². The lowest BCUT2D eigenvalue weighted by atomic mass is 10.2. The monoisotopic (exact) mass is 559 g/mol. The van der Waals surface area contributed by atoms with Gasteiger partial charge in [-0.1, -0.05) is 83.3 Å². The first kappa shape index (κ1) is 27.6. The van der Waals surface area contributed by atoms with Crippen LogP contribution in [0.5, 0.6) is 0 Å². The molecule has 0 radical (unpaired) electrons. The molecule has 0 aromatic heterocycles. The summed E-state index contributed by atoms with van der Waals surface area (Å²) < 4.78 is -1.86. The molecule has 0 spiro atoms. The van der Waals surface area contributed by atoms with Crippen molar-refractivity contribution in [1.29, 1.82) is 0 Å². The molecule has 0 aliphatic heterocycles. The number of benzene rings is 3. The van der Waals surface area contributed by atoms with E-state index in [1.807, 2.05) is 86.6 Å². The SMILES string of the molecule is Cc1ccccc1N=Nc1ccc(NC(=S)N[C@@H](NC(=O)/C=C\c2ccccc2)C(Cl)(Cl)Cl)c(C)c1. The lowest BCUT2D eigenvalue weighted by molar-refractivity contribution is -0.117. The van der Waals surface area contributed by atoms with Gasteiger partial charge in [-0.3, -0.25) is 4.79 Å². The van der Waals surface area contributed by atoms with Gasteiger partial charge in [0.25, 0.3) is 0 Å². The van der Waals surface area contributed by atoms with E-state index in [9.17, 15) is 4.79 Å². The van der Waals surface area contributed by atoms with Crippen LogP contribution in [0.15, 0.2) is 89.1 Å². The number of carbonyl (C=O) groups is 1. The first-order valence-corrected chi connectivity index (χ1v) is 12.4. The van der Waals surface area contributed by atoms with E-state index in [0.717, 1.165) is 28.1 Å². The number of aryl methyl sites for hydroxylation is 2. The number of carbonyl (C=O) groups excluding carboxylic acids is 1. The molecule has 0 aliphatic carbocycles. The van der Waals surface area contributed by atoms with Gasteiger partial charge in [-0.2, -0.15) is 10.2 Å². The molecule has 0 unspecified atom stereocenters. The number of nitrogens with zero attached hydrogens (tertiary/aromatic N) is 2. The van der Waals surface area contributed by atoms with Gasteiger partial charge in [-0.15, -0.1) is 0 Å². The van der Waals surface area contributed by atoms with Crippen LogP contribution in [0.25, 0.3) is 6.08 Å². The van der Waals surface area contributed by atoms with Crippen LogP contribution in [0.3, 0.4) is 0 Å². The lowest BCUT2D eigenvalue weighted by Crippen LogP contribution is -2.55. The zero-order chi connectivity index (χ0) is 26.1. The van der Waals surface area contributed by atoms with Crippen molar-refractivity contribution in [2.75, 3.05) is 5.32 Å². The Bertz CT molecular complexity index is 1280. The molecule has 6 nitrogen and oxygen atoms in total. The Morgan fingerprint density at radius 1 is 0.917 bits per heavy atom. The van der Waals surface area contributed by atoms with Crippen LogP contribution in [0.2, 0.25) is 0 Å². The smallest absolute Gasteiger partial charge is 0.245 e. The van der Waals surface area contributed by atoms with Gasteiger partial charge in [-0.25, -0.2) is 0 Å². The summed E-state index contributed by atoms with van der Waals surface area (Å²) in [5.74, 6) is -0.454. The summed E-state index contributed by atoms with van der Waals surface area (Å²) in [7, 11) is 0. The average Bonchev–Trinajstić information content (AvgIpc) is 2.83. The standard InChI is InChI=1S/C26H24Cl3N5OS/c1-17-8-6-7-11-22(17)34-33-20-13-14-21(18(2)16-20)30-25(36)32-24(26(27,28)29)31-23(35)15-12-19-9-4-3-5-10-19/h3-16,24H,1-2H3,(H,31,35)(H2,30,32,36)/b15-12-,34-33?/t24-/m1/s1. The highest BCUT2D eigenvalue weighted by Crippen LogP contribution is 2.29. The van der Waals surface area contributed by atoms with Crippen molar-refractivity contribution >= 4 is 81.2 Å². The van der Waals surface area contributed by atoms with E-state index in [1.54, 1.807) is 6.08 Å². The van der Waals surface area contributed by atoms with Crippen molar-refractivity contribution in [3.63, 3.8) is 0 Å². The second-order valence-electron chi connectivity index (χ2n) is 7.81. The Morgan fingerprint density at radius 2 is 1.61 bits per heavy atom. The topological polar surface area (TPSA) is 77.9 Å². The fourth-order valence-corrected chi connectivity index (χ4v) is 3.61. The van der Waals surface area contributed by atoms with Crippen molar-refractivity contribution in [3.8, 4) is 0 Å². The Morgan fingerprint density at radius 3 is 2.28 bits per heavy atom. The minimum absolute atomic E-state index is 0.163. The van der Waals surface area contributed by atoms with Crippen LogP contribution in [0.4, 0.5) is 17.1 Å². The molecular formula is C26H24Cl3N5OS. The molecule has 0 fully saturated rings. The normalized spacial score (nSPS) is 12.5. The van der Waals surface area contributed by atoms with E-state index in [-0.39, 0.29) is 5.11 Å². The summed E-state index contributed by atoms with van der Waals surface area (Å²) in [6.45, 7) is 3.88. The molecule has 36 heavy (non-hydrogen) atoms. The molecule has 0 saturated carbocycles. The first-order chi connectivity index (χ1) is 17.1. The number of anilines is 1. The largest absolute Gasteiger partial charge is 0.339 e. The van der Waals surface area contributed by atoms with E-state index in [2.05, 4.69) is 26.2 Å². The summed E-state index contributed by atoms with van der Waals surface area (Å²) in [4.78, 5) is 12.4. The van der Waals surface area contributed by atoms with E-state index >= 15 is 0 Å². The molecule has 3 aromatic rings. The number of halogens is 3. The molecule has 0 heterocycles. The second-order valence-corrected chi connectivity index (χ2v) is 10.6. The highest BCUT2D eigenvalue weighted by molar-refractivity contribution is 7.80. The van der Waals surface area contributed by atoms with Gasteiger partial charge in [0.1, 0.15) is 6.17 Å². The quantitative estimate of drug-likeness (QED) is 0.0917. The molecule has 0 saturated heterocycles. The number of nitrogens with one attached hydrogen (secondary N) is 3. The van der Waals surface area contributed by atoms with E-state index in [0.29, 0.717) is 5.69 Å². The molecule has 10 heteroatoms. The minimum Gasteiger partial charge on any atom is -0.339 e. The number of alkyl halides is 3. The lowest BCUT2D eigenvalue weighted by Gasteiger charge is -2.27. The summed E-state index contributed by atoms with van der Waals surface area (Å²) >= 11 is 23.6. The van der Waals surface area contributed by atoms with Gasteiger partial charge in [0, 0.05) is 11.8 Å². The minimum atomic E-state index is -1.86. The molecule has 186 valence electrons. The van der Waals surface area contributed by atoms with Crippen LogP contribution < -0.4 is 16.0 Å². The molecule has 0 bridgehead atoms. The van der Waals surface area contributed by atoms with E-state index in [4.69, 9.17) is 47.0 Å². The zero-order valence-electron chi connectivity index (χ0n) is 19.5. The average molecular weight is 561 g/mol. The van der Waals surface area contributed by atoms with Crippen LogP contribution in [0.1, 0.15) is 16.7 Å². The Kier molecular flexibility index (Phi) is 9.84. The molecule has 3 aromatic carbocycles. The molecule has 1 atom stereocenters. The molecular weight excluding hydrogens is 537 g/mol. The van der Waals surface area contributed by atoms with Crippen LogP contribution in [-0.4, -0.2) is 21.0 Å². The van der Waals surface area contributed by atoms with Crippen LogP contribution in [0, 0.1) is 13.8 Å². The van der Waals surface area contributed by atoms with Gasteiger partial charge >= 0.3 is 0 Å². The van der Waals surface area contributed by atoms with Crippen LogP contribution in [-0.2, 0) is 4.79 Å². The number of hydrogen-bond acceptors (Lipinski definition) is 4. The second kappa shape index (κ2) is 12.8. The first-order valence-electron chi connectivity index (χ1n) is 10.9. The molecule has 0 aliphatic rings. The number of azo groups is 1. The van der Waals surface area contributed by atoms with E-state index in [1.165, 1.54) is 6.08 Å². The van der Waals surface area contributed by atoms with Gasteiger partial charge in [0.05, 0.1) is 11.4 Å². The highest BCUT2D eigenvalue weighted by atomic mass is 35.6. The highest BCUT2D eigenvalue weighted by Gasteiger charge is 2.34. The maximum Gasteiger partial charge on any atom is 0.245 e. The Hall–Kier alpha value is -2.97. The third-order valence-corrected chi connectivity index (χ3v) is 5.84. The van der Waals surface area contributed by atoms with Crippen molar-refractivity contribution < 1.29 is 4.79 Å². The third-order valence-electron chi connectivity index (χ3n) is 4.96. The maximum atomic E-state index is 12.4. The predicted molar refractivity (Wildman–Crippen MR) is 154 cm³/mol. The summed E-state index contributed by atoms with van der Waals surface area (Å²) in [5, 5.41) is 17.3. The number of hydrogen-bond donors (Lipinski definition) is 3. The van der Waals surface area contributed by atoms with Crippen LogP contribution >= 0.6 is 47.0 Å². The third kappa shape index (κ3) is 8.60. The summed E-state index contributed by atoms with van der Waals surface area (Å²) in [5.41, 5.74) is 5.00. The Balaban J connectivity index is 1.62. The fraction of sp³-hybridized carbons (Fsp3) is 0.154. The van der Waals surface area contributed by atoms with Gasteiger partial charge in [0.2, 0.25) is 9.70 Å². The van der Waals surface area contributed by atoms with Gasteiger partial charge < -0.3 is 16.0 Å². The summed E-state index contributed by atoms with van der Waals surface area (Å²) in [6, 6.07) is 22.6. The fourth-order valence-electron chi connectivity index (χ4n) is 3.05. The number of thiocarbonyl (C=S) groups is 1. The molecule has 3 N–H and O–H groups in total. The Labute approximate surface area is 230 Å². The predicted octanol–water partition coefficient (Wildman–Crippen LogP) is 7.53. The zero-order valence-corrected chi connectivity index (χ0v) is 22.6. The summed E-state index contributed by atoms with van der Waals surface area (Å²) in [6.07, 6.45) is 1.92. The maximum absolute atomic E-state index is 12.4. The van der Waals surface area contributed by atoms with Crippen molar-refractivity contribution in [3.05, 3.63) is 95.6 Å². The van der Waals surface area contributed by atoms with Gasteiger partial charge in [-0.05, 0) is 73.1 Å². The number of amides is 1. The van der Waals surface area contributed by atoms with E-state index < -0.39 is 15.9 Å². The van der Waals surface area contributed by atoms with Crippen molar-refractivity contribution in [2.24, 2.45) is 10.2 Å².